The molecular weight excluding hydrogens is 624 g/mol. The van der Waals surface area contributed by atoms with E-state index < -0.39 is 36.4 Å². The molecule has 48 heavy (non-hydrogen) atoms. The summed E-state index contributed by atoms with van der Waals surface area (Å²) in [4.78, 5) is 47.0. The Hall–Kier alpha value is -4.98. The second-order valence-corrected chi connectivity index (χ2v) is 10.9. The van der Waals surface area contributed by atoms with E-state index in [1.54, 1.807) is 50.6 Å². The zero-order valence-electron chi connectivity index (χ0n) is 26.3. The highest BCUT2D eigenvalue weighted by Gasteiger charge is 2.50. The lowest BCUT2D eigenvalue weighted by molar-refractivity contribution is -0.341. The summed E-state index contributed by atoms with van der Waals surface area (Å²) < 4.78 is 33.0. The smallest absolute Gasteiger partial charge is 0.343 e. The van der Waals surface area contributed by atoms with Crippen LogP contribution in [0.4, 0.5) is 0 Å². The number of fused-ring (bicyclic) bond motifs is 1. The van der Waals surface area contributed by atoms with Gasteiger partial charge in [-0.25, -0.2) is 19.4 Å². The number of esters is 2. The lowest BCUT2D eigenvalue weighted by atomic mass is 10.1. The van der Waals surface area contributed by atoms with Crippen molar-refractivity contribution >= 4 is 11.9 Å². The summed E-state index contributed by atoms with van der Waals surface area (Å²) in [5.74, 6) is 1.15. The van der Waals surface area contributed by atoms with Gasteiger partial charge in [0.05, 0.1) is 38.6 Å². The first-order chi connectivity index (χ1) is 23.5. The van der Waals surface area contributed by atoms with E-state index in [9.17, 15) is 9.59 Å². The minimum atomic E-state index is -0.622. The molecule has 2 aliphatic heterocycles. The van der Waals surface area contributed by atoms with Crippen LogP contribution in [0.1, 0.15) is 31.8 Å². The molecule has 2 fully saturated rings. The monoisotopic (exact) mass is 658 g/mol. The maximum Gasteiger partial charge on any atom is 0.343 e. The summed E-state index contributed by atoms with van der Waals surface area (Å²) in [5.41, 5.74) is 2.46. The average molecular weight is 659 g/mol. The summed E-state index contributed by atoms with van der Waals surface area (Å²) in [5, 5.41) is 0. The van der Waals surface area contributed by atoms with E-state index in [1.165, 1.54) is 24.3 Å². The first-order valence-electron chi connectivity index (χ1n) is 15.2. The maximum atomic E-state index is 12.9. The van der Waals surface area contributed by atoms with Crippen LogP contribution in [0.15, 0.2) is 97.1 Å². The third kappa shape index (κ3) is 8.29. The summed E-state index contributed by atoms with van der Waals surface area (Å²) >= 11 is 0. The van der Waals surface area contributed by atoms with E-state index in [1.807, 2.05) is 36.4 Å². The largest absolute Gasteiger partial charge is 0.497 e. The molecule has 6 rings (SSSR count). The average Bonchev–Trinajstić information content (AvgIpc) is 3.72. The van der Waals surface area contributed by atoms with Gasteiger partial charge in [-0.1, -0.05) is 24.3 Å². The molecule has 0 bridgehead atoms. The van der Waals surface area contributed by atoms with Crippen LogP contribution in [0.5, 0.6) is 23.0 Å². The van der Waals surface area contributed by atoms with Gasteiger partial charge in [0.25, 0.3) is 0 Å². The first kappa shape index (κ1) is 32.9. The zero-order valence-corrected chi connectivity index (χ0v) is 26.3. The van der Waals surface area contributed by atoms with Crippen LogP contribution < -0.4 is 19.1 Å². The van der Waals surface area contributed by atoms with Gasteiger partial charge in [-0.15, -0.1) is 0 Å². The number of methoxy groups -OCH3 is 2. The summed E-state index contributed by atoms with van der Waals surface area (Å²) in [7, 11) is 3.16. The Labute approximate surface area is 276 Å². The minimum Gasteiger partial charge on any atom is -0.497 e. The Morgan fingerprint density at radius 2 is 1.06 bits per heavy atom. The fourth-order valence-corrected chi connectivity index (χ4v) is 5.09. The molecule has 0 spiro atoms. The number of ether oxygens (including phenoxy) is 6. The highest BCUT2D eigenvalue weighted by atomic mass is 17.2. The van der Waals surface area contributed by atoms with Gasteiger partial charge in [0.15, 0.2) is 11.9 Å². The van der Waals surface area contributed by atoms with Crippen LogP contribution >= 0.6 is 0 Å². The summed E-state index contributed by atoms with van der Waals surface area (Å²) in [6, 6.07) is 27.4. The normalized spacial score (nSPS) is 19.7. The van der Waals surface area contributed by atoms with Gasteiger partial charge < -0.3 is 33.3 Å². The fourth-order valence-electron chi connectivity index (χ4n) is 5.09. The molecular formula is C36H34O12. The van der Waals surface area contributed by atoms with Crippen LogP contribution in [0, 0.1) is 0 Å². The van der Waals surface area contributed by atoms with Crippen LogP contribution in [-0.4, -0.2) is 63.8 Å². The van der Waals surface area contributed by atoms with E-state index in [2.05, 4.69) is 0 Å². The molecule has 0 aliphatic carbocycles. The van der Waals surface area contributed by atoms with Crippen LogP contribution in [0.3, 0.4) is 0 Å². The van der Waals surface area contributed by atoms with Crippen molar-refractivity contribution < 1.29 is 57.6 Å². The SMILES string of the molecule is COc1ccc(COOc2ccc(COO[C@@H]3COC4C(OC(=O)c5ccc(OC(=O)c6ccc(OC)cc6)cc5)COC43)cc2)cc1. The summed E-state index contributed by atoms with van der Waals surface area (Å²) in [6.07, 6.45) is -2.07. The second kappa shape index (κ2) is 15.7. The van der Waals surface area contributed by atoms with Crippen LogP contribution in [0.2, 0.25) is 0 Å². The Bertz CT molecular complexity index is 1640. The van der Waals surface area contributed by atoms with Crippen LogP contribution in [0.25, 0.3) is 0 Å². The first-order valence-corrected chi connectivity index (χ1v) is 15.2. The van der Waals surface area contributed by atoms with Crippen molar-refractivity contribution in [1.29, 1.82) is 0 Å². The third-order valence-corrected chi connectivity index (χ3v) is 7.73. The number of carbonyl (C=O) groups is 2. The highest BCUT2D eigenvalue weighted by molar-refractivity contribution is 5.92. The quantitative estimate of drug-likeness (QED) is 0.0758. The van der Waals surface area contributed by atoms with Gasteiger partial charge in [0, 0.05) is 0 Å². The van der Waals surface area contributed by atoms with E-state index >= 15 is 0 Å². The molecule has 0 radical (unpaired) electrons. The molecule has 4 aromatic carbocycles. The fraction of sp³-hybridized carbons (Fsp3) is 0.278. The van der Waals surface area contributed by atoms with Gasteiger partial charge in [0.1, 0.15) is 48.8 Å². The number of hydrogen-bond acceptors (Lipinski definition) is 12. The van der Waals surface area contributed by atoms with Crippen molar-refractivity contribution in [3.05, 3.63) is 119 Å². The van der Waals surface area contributed by atoms with Gasteiger partial charge >= 0.3 is 11.9 Å². The number of hydrogen-bond donors (Lipinski definition) is 0. The Morgan fingerprint density at radius 1 is 0.583 bits per heavy atom. The lowest BCUT2D eigenvalue weighted by Crippen LogP contribution is -2.35. The Kier molecular flexibility index (Phi) is 10.8. The van der Waals surface area contributed by atoms with Crippen molar-refractivity contribution in [2.45, 2.75) is 37.6 Å². The molecule has 0 amide bonds. The van der Waals surface area contributed by atoms with Gasteiger partial charge in [0.2, 0.25) is 0 Å². The van der Waals surface area contributed by atoms with E-state index in [4.69, 9.17) is 48.0 Å². The molecule has 2 heterocycles. The Morgan fingerprint density at radius 3 is 1.67 bits per heavy atom. The topological polar surface area (TPSA) is 126 Å². The van der Waals surface area contributed by atoms with E-state index in [0.717, 1.165) is 16.9 Å². The van der Waals surface area contributed by atoms with Crippen molar-refractivity contribution in [1.82, 2.24) is 0 Å². The number of carbonyl (C=O) groups excluding carboxylic acids is 2. The maximum absolute atomic E-state index is 12.9. The minimum absolute atomic E-state index is 0.153. The molecule has 2 aliphatic rings. The molecule has 3 unspecified atom stereocenters. The van der Waals surface area contributed by atoms with Gasteiger partial charge in [-0.3, -0.25) is 0 Å². The van der Waals surface area contributed by atoms with E-state index in [0.29, 0.717) is 17.1 Å². The molecule has 250 valence electrons. The number of rotatable bonds is 14. The standard InChI is InChI=1S/C36H34O12/c1-39-27-11-3-23(4-12-27)19-43-47-30-13-5-24(6-14-30)20-44-48-32-22-42-33-31(21-41-34(32)33)46-36(38)26-9-17-29(18-10-26)45-35(37)25-7-15-28(40-2)16-8-25/h3-18,31-34H,19-22H2,1-2H3/t31?,32-,33?,34?/m1/s1. The van der Waals surface area contributed by atoms with E-state index in [-0.39, 0.29) is 37.7 Å². The van der Waals surface area contributed by atoms with Crippen molar-refractivity contribution in [3.63, 3.8) is 0 Å². The molecule has 0 saturated carbocycles. The molecule has 4 aromatic rings. The Balaban J connectivity index is 0.904. The van der Waals surface area contributed by atoms with Gasteiger partial charge in [-0.05, 0) is 83.9 Å². The van der Waals surface area contributed by atoms with Crippen molar-refractivity contribution in [2.75, 3.05) is 27.4 Å². The summed E-state index contributed by atoms with van der Waals surface area (Å²) in [6.45, 7) is 0.843. The lowest BCUT2D eigenvalue weighted by Gasteiger charge is -2.17. The number of benzene rings is 4. The highest BCUT2D eigenvalue weighted by Crippen LogP contribution is 2.31. The molecule has 2 saturated heterocycles. The molecule has 0 N–H and O–H groups in total. The second-order valence-electron chi connectivity index (χ2n) is 10.9. The van der Waals surface area contributed by atoms with Gasteiger partial charge in [-0.2, -0.15) is 4.89 Å². The molecule has 12 heteroatoms. The molecule has 0 aromatic heterocycles. The van der Waals surface area contributed by atoms with Crippen molar-refractivity contribution in [2.24, 2.45) is 0 Å². The van der Waals surface area contributed by atoms with Crippen LogP contribution in [-0.2, 0) is 42.1 Å². The molecule has 4 atom stereocenters. The molecule has 12 nitrogen and oxygen atoms in total. The van der Waals surface area contributed by atoms with Crippen molar-refractivity contribution in [3.8, 4) is 23.0 Å². The predicted octanol–water partition coefficient (Wildman–Crippen LogP) is 5.27. The zero-order chi connectivity index (χ0) is 33.3. The predicted molar refractivity (Wildman–Crippen MR) is 168 cm³/mol. The third-order valence-electron chi connectivity index (χ3n) is 7.73.